The van der Waals surface area contributed by atoms with Crippen LogP contribution in [0.4, 0.5) is 4.39 Å². The fraction of sp³-hybridized carbons (Fsp3) is 0.154. The van der Waals surface area contributed by atoms with Gasteiger partial charge in [0.15, 0.2) is 0 Å². The van der Waals surface area contributed by atoms with E-state index in [9.17, 15) is 9.18 Å². The molecular formula is C13H12FNO2S. The largest absolute Gasteiger partial charge is 0.465 e. The van der Waals surface area contributed by atoms with Gasteiger partial charge in [0.05, 0.1) is 6.54 Å². The molecule has 0 fully saturated rings. The number of thiol groups is 1. The molecule has 0 atom stereocenters. The van der Waals surface area contributed by atoms with Gasteiger partial charge in [0.1, 0.15) is 17.3 Å². The predicted octanol–water partition coefficient (Wildman–Crippen LogP) is 2.95. The molecule has 0 aliphatic rings. The van der Waals surface area contributed by atoms with Gasteiger partial charge >= 0.3 is 0 Å². The van der Waals surface area contributed by atoms with Gasteiger partial charge in [0.2, 0.25) is 0 Å². The number of rotatable bonds is 3. The normalized spacial score (nSPS) is 10.4. The third-order valence-electron chi connectivity index (χ3n) is 2.43. The molecule has 0 aliphatic carbocycles. The summed E-state index contributed by atoms with van der Waals surface area (Å²) in [4.78, 5) is 11.9. The van der Waals surface area contributed by atoms with E-state index in [2.05, 4.69) is 17.9 Å². The van der Waals surface area contributed by atoms with Gasteiger partial charge in [-0.05, 0) is 37.3 Å². The van der Waals surface area contributed by atoms with Crippen molar-refractivity contribution in [1.29, 1.82) is 0 Å². The van der Waals surface area contributed by atoms with Gasteiger partial charge in [0, 0.05) is 10.5 Å². The van der Waals surface area contributed by atoms with Crippen LogP contribution in [0.15, 0.2) is 39.6 Å². The number of hydrogen-bond acceptors (Lipinski definition) is 3. The third-order valence-corrected chi connectivity index (χ3v) is 2.77. The summed E-state index contributed by atoms with van der Waals surface area (Å²) in [5, 5.41) is 2.69. The first-order chi connectivity index (χ1) is 8.56. The molecule has 94 valence electrons. The van der Waals surface area contributed by atoms with E-state index in [1.165, 1.54) is 18.2 Å². The van der Waals surface area contributed by atoms with Gasteiger partial charge in [-0.15, -0.1) is 12.6 Å². The Bertz CT molecular complexity index is 580. The van der Waals surface area contributed by atoms with Crippen LogP contribution in [0.5, 0.6) is 0 Å². The summed E-state index contributed by atoms with van der Waals surface area (Å²) in [6.07, 6.45) is 0. The zero-order chi connectivity index (χ0) is 13.1. The molecule has 18 heavy (non-hydrogen) atoms. The average molecular weight is 265 g/mol. The van der Waals surface area contributed by atoms with E-state index in [1.54, 1.807) is 6.07 Å². The summed E-state index contributed by atoms with van der Waals surface area (Å²) < 4.78 is 18.3. The van der Waals surface area contributed by atoms with E-state index in [-0.39, 0.29) is 10.8 Å². The van der Waals surface area contributed by atoms with Crippen LogP contribution < -0.4 is 5.32 Å². The lowest BCUT2D eigenvalue weighted by atomic mass is 10.2. The molecule has 1 aromatic carbocycles. The van der Waals surface area contributed by atoms with Gasteiger partial charge < -0.3 is 9.73 Å². The smallest absolute Gasteiger partial charge is 0.251 e. The summed E-state index contributed by atoms with van der Waals surface area (Å²) in [6, 6.07) is 7.64. The van der Waals surface area contributed by atoms with Gasteiger partial charge in [-0.3, -0.25) is 4.79 Å². The molecule has 3 nitrogen and oxygen atoms in total. The molecule has 1 N–H and O–H groups in total. The standard InChI is InChI=1S/C13H12FNO2S/c1-8-2-4-10(17-8)7-15-13(16)9-3-5-11(14)12(18)6-9/h2-6,18H,7H2,1H3,(H,15,16). The molecule has 2 aromatic rings. The van der Waals surface area contributed by atoms with Crippen LogP contribution in [0.2, 0.25) is 0 Å². The maximum Gasteiger partial charge on any atom is 0.251 e. The van der Waals surface area contributed by atoms with E-state index >= 15 is 0 Å². The highest BCUT2D eigenvalue weighted by atomic mass is 32.1. The Balaban J connectivity index is 2.01. The van der Waals surface area contributed by atoms with Crippen LogP contribution in [0, 0.1) is 12.7 Å². The van der Waals surface area contributed by atoms with Crippen molar-refractivity contribution in [1.82, 2.24) is 5.32 Å². The molecule has 0 bridgehead atoms. The number of furan rings is 1. The molecule has 5 heteroatoms. The topological polar surface area (TPSA) is 42.2 Å². The van der Waals surface area contributed by atoms with E-state index in [0.717, 1.165) is 5.76 Å². The highest BCUT2D eigenvalue weighted by molar-refractivity contribution is 7.80. The van der Waals surface area contributed by atoms with Gasteiger partial charge in [0.25, 0.3) is 5.91 Å². The number of halogens is 1. The van der Waals surface area contributed by atoms with Crippen molar-refractivity contribution in [2.45, 2.75) is 18.4 Å². The van der Waals surface area contributed by atoms with Crippen molar-refractivity contribution in [3.05, 3.63) is 53.2 Å². The number of carbonyl (C=O) groups excluding carboxylic acids is 1. The summed E-state index contributed by atoms with van der Waals surface area (Å²) in [7, 11) is 0. The lowest BCUT2D eigenvalue weighted by Crippen LogP contribution is -2.22. The molecular weight excluding hydrogens is 253 g/mol. The Labute approximate surface area is 109 Å². The summed E-state index contributed by atoms with van der Waals surface area (Å²) in [5.74, 6) is 0.726. The molecule has 1 aromatic heterocycles. The van der Waals surface area contributed by atoms with Crippen molar-refractivity contribution in [2.75, 3.05) is 0 Å². The lowest BCUT2D eigenvalue weighted by molar-refractivity contribution is 0.0947. The van der Waals surface area contributed by atoms with Crippen LogP contribution >= 0.6 is 12.6 Å². The molecule has 0 unspecified atom stereocenters. The molecule has 1 amide bonds. The molecule has 0 saturated carbocycles. The fourth-order valence-electron chi connectivity index (χ4n) is 1.50. The first-order valence-corrected chi connectivity index (χ1v) is 5.83. The molecule has 1 heterocycles. The Morgan fingerprint density at radius 2 is 2.17 bits per heavy atom. The second-order valence-corrected chi connectivity index (χ2v) is 4.34. The van der Waals surface area contributed by atoms with Crippen LogP contribution in [0.3, 0.4) is 0 Å². The number of benzene rings is 1. The molecule has 0 aliphatic heterocycles. The molecule has 0 radical (unpaired) electrons. The minimum absolute atomic E-state index is 0.150. The molecule has 0 spiro atoms. The monoisotopic (exact) mass is 265 g/mol. The molecule has 2 rings (SSSR count). The Kier molecular flexibility index (Phi) is 3.72. The minimum atomic E-state index is -0.448. The SMILES string of the molecule is Cc1ccc(CNC(=O)c2ccc(F)c(S)c2)o1. The van der Waals surface area contributed by atoms with Crippen molar-refractivity contribution in [3.63, 3.8) is 0 Å². The van der Waals surface area contributed by atoms with Crippen molar-refractivity contribution in [2.24, 2.45) is 0 Å². The maximum absolute atomic E-state index is 13.0. The van der Waals surface area contributed by atoms with Crippen molar-refractivity contribution < 1.29 is 13.6 Å². The van der Waals surface area contributed by atoms with Crippen LogP contribution in [-0.2, 0) is 6.54 Å². The zero-order valence-electron chi connectivity index (χ0n) is 9.74. The Morgan fingerprint density at radius 1 is 1.39 bits per heavy atom. The van der Waals surface area contributed by atoms with E-state index in [0.29, 0.717) is 17.9 Å². The summed E-state index contributed by atoms with van der Waals surface area (Å²) >= 11 is 3.93. The lowest BCUT2D eigenvalue weighted by Gasteiger charge is -2.04. The number of aryl methyl sites for hydroxylation is 1. The minimum Gasteiger partial charge on any atom is -0.465 e. The highest BCUT2D eigenvalue weighted by Gasteiger charge is 2.08. The van der Waals surface area contributed by atoms with E-state index in [1.807, 2.05) is 13.0 Å². The number of hydrogen-bond donors (Lipinski definition) is 2. The second kappa shape index (κ2) is 5.27. The molecule has 0 saturated heterocycles. The van der Waals surface area contributed by atoms with Gasteiger partial charge in [-0.25, -0.2) is 4.39 Å². The third kappa shape index (κ3) is 2.92. The van der Waals surface area contributed by atoms with E-state index < -0.39 is 5.82 Å². The Morgan fingerprint density at radius 3 is 2.78 bits per heavy atom. The predicted molar refractivity (Wildman–Crippen MR) is 68.3 cm³/mol. The van der Waals surface area contributed by atoms with Crippen molar-refractivity contribution >= 4 is 18.5 Å². The van der Waals surface area contributed by atoms with E-state index in [4.69, 9.17) is 4.42 Å². The van der Waals surface area contributed by atoms with Gasteiger partial charge in [-0.1, -0.05) is 0 Å². The number of carbonyl (C=O) groups is 1. The average Bonchev–Trinajstić information content (AvgIpc) is 2.75. The van der Waals surface area contributed by atoms with Crippen molar-refractivity contribution in [3.8, 4) is 0 Å². The summed E-state index contributed by atoms with van der Waals surface area (Å²) in [5.41, 5.74) is 0.365. The maximum atomic E-state index is 13.0. The second-order valence-electron chi connectivity index (χ2n) is 3.86. The highest BCUT2D eigenvalue weighted by Crippen LogP contribution is 2.14. The fourth-order valence-corrected chi connectivity index (χ4v) is 1.72. The zero-order valence-corrected chi connectivity index (χ0v) is 10.6. The van der Waals surface area contributed by atoms with Gasteiger partial charge in [-0.2, -0.15) is 0 Å². The first kappa shape index (κ1) is 12.7. The Hall–Kier alpha value is -1.75. The quantitative estimate of drug-likeness (QED) is 0.838. The van der Waals surface area contributed by atoms with Crippen LogP contribution in [-0.4, -0.2) is 5.91 Å². The van der Waals surface area contributed by atoms with Crippen LogP contribution in [0.25, 0.3) is 0 Å². The van der Waals surface area contributed by atoms with Crippen LogP contribution in [0.1, 0.15) is 21.9 Å². The number of amides is 1. The number of nitrogens with one attached hydrogen (secondary N) is 1. The first-order valence-electron chi connectivity index (χ1n) is 5.38. The summed E-state index contributed by atoms with van der Waals surface area (Å²) in [6.45, 7) is 2.13.